The van der Waals surface area contributed by atoms with Crippen LogP contribution >= 0.6 is 11.8 Å². The van der Waals surface area contributed by atoms with Gasteiger partial charge in [0.05, 0.1) is 16.1 Å². The van der Waals surface area contributed by atoms with Gasteiger partial charge in [-0.3, -0.25) is 4.72 Å². The van der Waals surface area contributed by atoms with Crippen molar-refractivity contribution in [3.05, 3.63) is 60.2 Å². The van der Waals surface area contributed by atoms with E-state index in [1.165, 1.54) is 12.4 Å². The van der Waals surface area contributed by atoms with E-state index in [1.807, 2.05) is 0 Å². The number of hydrogen-bond donors (Lipinski definition) is 1. The number of nitrogens with zero attached hydrogens (tertiary/aromatic N) is 3. The predicted octanol–water partition coefficient (Wildman–Crippen LogP) is 3.93. The molecule has 0 amide bonds. The number of halogens is 4. The van der Waals surface area contributed by atoms with E-state index in [9.17, 15) is 26.0 Å². The second kappa shape index (κ2) is 7.43. The molecule has 0 fully saturated rings. The van der Waals surface area contributed by atoms with Crippen LogP contribution in [0.5, 0.6) is 0 Å². The molecule has 0 spiro atoms. The van der Waals surface area contributed by atoms with E-state index in [0.717, 1.165) is 17.8 Å². The van der Waals surface area contributed by atoms with Crippen LogP contribution in [0.2, 0.25) is 0 Å². The maximum Gasteiger partial charge on any atom is 0.419 e. The molecule has 1 heterocycles. The molecule has 6 nitrogen and oxygen atoms in total. The molecule has 0 unspecified atom stereocenters. The van der Waals surface area contributed by atoms with Crippen molar-refractivity contribution in [2.45, 2.75) is 21.1 Å². The highest BCUT2D eigenvalue weighted by atomic mass is 32.2. The summed E-state index contributed by atoms with van der Waals surface area (Å²) in [5, 5.41) is 8.09. The van der Waals surface area contributed by atoms with Gasteiger partial charge in [-0.05, 0) is 42.1 Å². The second-order valence-electron chi connectivity index (χ2n) is 5.57. The molecule has 28 heavy (non-hydrogen) atoms. The molecule has 2 aromatic carbocycles. The van der Waals surface area contributed by atoms with Crippen molar-refractivity contribution in [3.63, 3.8) is 0 Å². The van der Waals surface area contributed by atoms with E-state index in [0.29, 0.717) is 16.1 Å². The third-order valence-electron chi connectivity index (χ3n) is 3.56. The first kappa shape index (κ1) is 20.1. The Hall–Kier alpha value is -2.60. The first-order chi connectivity index (χ1) is 13.1. The molecule has 3 rings (SSSR count). The summed E-state index contributed by atoms with van der Waals surface area (Å²) in [6, 6.07) is 7.78. The molecule has 0 saturated heterocycles. The minimum absolute atomic E-state index is 0.133. The summed E-state index contributed by atoms with van der Waals surface area (Å²) in [4.78, 5) is -0.250. The summed E-state index contributed by atoms with van der Waals surface area (Å²) in [6.45, 7) is 0. The molecule has 12 heteroatoms. The molecule has 3 aromatic rings. The van der Waals surface area contributed by atoms with Gasteiger partial charge in [0.2, 0.25) is 0 Å². The lowest BCUT2D eigenvalue weighted by Crippen LogP contribution is -2.16. The van der Waals surface area contributed by atoms with Crippen molar-refractivity contribution in [1.82, 2.24) is 14.8 Å². The third-order valence-corrected chi connectivity index (χ3v) is 6.05. The van der Waals surface area contributed by atoms with Gasteiger partial charge in [0.25, 0.3) is 10.0 Å². The molecule has 1 aromatic heterocycles. The van der Waals surface area contributed by atoms with E-state index >= 15 is 0 Å². The zero-order valence-corrected chi connectivity index (χ0v) is 15.7. The quantitative estimate of drug-likeness (QED) is 0.619. The van der Waals surface area contributed by atoms with Crippen LogP contribution in [0, 0.1) is 5.82 Å². The Bertz CT molecular complexity index is 1110. The van der Waals surface area contributed by atoms with E-state index in [-0.39, 0.29) is 11.8 Å². The van der Waals surface area contributed by atoms with Gasteiger partial charge in [0, 0.05) is 11.9 Å². The minimum Gasteiger partial charge on any atom is -0.311 e. The fraction of sp³-hybridized carbons (Fsp3) is 0.125. The van der Waals surface area contributed by atoms with Crippen molar-refractivity contribution in [2.24, 2.45) is 7.05 Å². The lowest BCUT2D eigenvalue weighted by molar-refractivity contribution is -0.140. The highest BCUT2D eigenvalue weighted by Gasteiger charge is 2.35. The van der Waals surface area contributed by atoms with Crippen LogP contribution in [-0.2, 0) is 23.2 Å². The van der Waals surface area contributed by atoms with Crippen molar-refractivity contribution >= 4 is 27.5 Å². The van der Waals surface area contributed by atoms with Crippen molar-refractivity contribution < 1.29 is 26.0 Å². The molecule has 0 bridgehead atoms. The zero-order chi connectivity index (χ0) is 20.5. The number of hydrogen-bond acceptors (Lipinski definition) is 5. The molecule has 0 atom stereocenters. The van der Waals surface area contributed by atoms with Gasteiger partial charge in [-0.1, -0.05) is 12.1 Å². The van der Waals surface area contributed by atoms with Gasteiger partial charge in [-0.15, -0.1) is 10.2 Å². The Labute approximate surface area is 161 Å². The number of para-hydroxylation sites is 1. The number of benzene rings is 2. The van der Waals surface area contributed by atoms with Gasteiger partial charge in [-0.2, -0.15) is 13.2 Å². The van der Waals surface area contributed by atoms with E-state index in [1.54, 1.807) is 29.8 Å². The van der Waals surface area contributed by atoms with Gasteiger partial charge in [0.1, 0.15) is 12.1 Å². The fourth-order valence-corrected chi connectivity index (χ4v) is 4.22. The number of aromatic nitrogens is 3. The lowest BCUT2D eigenvalue weighted by atomic mass is 10.2. The number of alkyl halides is 3. The predicted molar refractivity (Wildman–Crippen MR) is 93.8 cm³/mol. The minimum atomic E-state index is -5.02. The first-order valence-electron chi connectivity index (χ1n) is 7.58. The summed E-state index contributed by atoms with van der Waals surface area (Å²) in [5.74, 6) is -1.55. The Morgan fingerprint density at radius 2 is 1.86 bits per heavy atom. The third kappa shape index (κ3) is 4.28. The van der Waals surface area contributed by atoms with Crippen LogP contribution in [0.4, 0.5) is 23.2 Å². The van der Waals surface area contributed by atoms with E-state index in [2.05, 4.69) is 14.9 Å². The smallest absolute Gasteiger partial charge is 0.311 e. The molecule has 0 aliphatic heterocycles. The van der Waals surface area contributed by atoms with Gasteiger partial charge in [0.15, 0.2) is 5.16 Å². The topological polar surface area (TPSA) is 76.9 Å². The van der Waals surface area contributed by atoms with Crippen LogP contribution in [0.15, 0.2) is 63.7 Å². The Kier molecular flexibility index (Phi) is 5.35. The number of aryl methyl sites for hydroxylation is 1. The summed E-state index contributed by atoms with van der Waals surface area (Å²) in [6.07, 6.45) is -3.55. The Morgan fingerprint density at radius 1 is 1.14 bits per heavy atom. The van der Waals surface area contributed by atoms with Crippen LogP contribution in [0.3, 0.4) is 0 Å². The van der Waals surface area contributed by atoms with Crippen molar-refractivity contribution in [3.8, 4) is 0 Å². The van der Waals surface area contributed by atoms with E-state index in [4.69, 9.17) is 0 Å². The second-order valence-corrected chi connectivity index (χ2v) is 8.26. The molecular formula is C16H12F4N4O2S2. The van der Waals surface area contributed by atoms with Crippen molar-refractivity contribution in [2.75, 3.05) is 4.72 Å². The highest BCUT2D eigenvalue weighted by molar-refractivity contribution is 7.99. The Morgan fingerprint density at radius 3 is 2.50 bits per heavy atom. The normalized spacial score (nSPS) is 12.2. The number of nitrogens with one attached hydrogen (secondary N) is 1. The van der Waals surface area contributed by atoms with Crippen LogP contribution < -0.4 is 4.72 Å². The maximum absolute atomic E-state index is 13.4. The lowest BCUT2D eigenvalue weighted by Gasteiger charge is -2.14. The molecule has 1 N–H and O–H groups in total. The summed E-state index contributed by atoms with van der Waals surface area (Å²) < 4.78 is 81.1. The van der Waals surface area contributed by atoms with Gasteiger partial charge < -0.3 is 4.57 Å². The fourth-order valence-electron chi connectivity index (χ4n) is 2.20. The summed E-state index contributed by atoms with van der Waals surface area (Å²) in [5.41, 5.74) is -1.52. The van der Waals surface area contributed by atoms with Crippen LogP contribution in [0.1, 0.15) is 5.56 Å². The molecule has 148 valence electrons. The summed E-state index contributed by atoms with van der Waals surface area (Å²) in [7, 11) is -2.70. The molecule has 0 radical (unpaired) electrons. The van der Waals surface area contributed by atoms with Crippen LogP contribution in [-0.4, -0.2) is 23.2 Å². The molecular weight excluding hydrogens is 420 g/mol. The van der Waals surface area contributed by atoms with E-state index < -0.39 is 32.5 Å². The van der Waals surface area contributed by atoms with Crippen LogP contribution in [0.25, 0.3) is 0 Å². The average Bonchev–Trinajstić information content (AvgIpc) is 3.00. The Balaban J connectivity index is 1.95. The zero-order valence-electron chi connectivity index (χ0n) is 14.1. The van der Waals surface area contributed by atoms with Gasteiger partial charge in [-0.25, -0.2) is 12.8 Å². The highest BCUT2D eigenvalue weighted by Crippen LogP contribution is 2.35. The maximum atomic E-state index is 13.4. The average molecular weight is 432 g/mol. The summed E-state index contributed by atoms with van der Waals surface area (Å²) >= 11 is 1.12. The molecule has 0 aliphatic rings. The standard InChI is InChI=1S/C16H12F4N4O2S2/c1-24-9-21-22-15(24)27-14-5-3-2-4-13(14)23-28(25,26)10-6-7-12(17)11(8-10)16(18,19)20/h2-9,23H,1H3. The molecule has 0 saturated carbocycles. The number of sulfonamides is 1. The monoisotopic (exact) mass is 432 g/mol. The number of anilines is 1. The largest absolute Gasteiger partial charge is 0.419 e. The SMILES string of the molecule is Cn1cnnc1Sc1ccccc1NS(=O)(=O)c1ccc(F)c(C(F)(F)F)c1. The number of rotatable bonds is 5. The van der Waals surface area contributed by atoms with Crippen molar-refractivity contribution in [1.29, 1.82) is 0 Å². The van der Waals surface area contributed by atoms with Gasteiger partial charge >= 0.3 is 6.18 Å². The molecule has 0 aliphatic carbocycles. The first-order valence-corrected chi connectivity index (χ1v) is 9.88.